The number of ether oxygens (including phenoxy) is 1. The molecule has 0 fully saturated rings. The number of aromatic nitrogens is 2. The number of imidazole rings is 1. The van der Waals surface area contributed by atoms with Gasteiger partial charge < -0.3 is 24.8 Å². The van der Waals surface area contributed by atoms with Gasteiger partial charge in [-0.25, -0.2) is 4.98 Å². The molecule has 0 unspecified atom stereocenters. The molecular formula is C33H36Cl2N6O4S. The Kier molecular flexibility index (Phi) is 12.4. The van der Waals surface area contributed by atoms with Gasteiger partial charge in [-0.1, -0.05) is 67.7 Å². The average Bonchev–Trinajstić information content (AvgIpc) is 3.48. The first-order valence-corrected chi connectivity index (χ1v) is 15.9. The Morgan fingerprint density at radius 3 is 2.50 bits per heavy atom. The van der Waals surface area contributed by atoms with Gasteiger partial charge in [0.1, 0.15) is 5.75 Å². The van der Waals surface area contributed by atoms with Crippen molar-refractivity contribution in [3.8, 4) is 5.75 Å². The summed E-state index contributed by atoms with van der Waals surface area (Å²) in [6.45, 7) is 5.37. The number of non-ortho nitro benzene ring substituents is 1. The molecule has 0 saturated heterocycles. The van der Waals surface area contributed by atoms with Gasteiger partial charge in [-0.2, -0.15) is 0 Å². The minimum atomic E-state index is -0.434. The first kappa shape index (κ1) is 34.7. The fraction of sp³-hybridized carbons (Fsp3) is 0.303. The van der Waals surface area contributed by atoms with Gasteiger partial charge in [0.2, 0.25) is 5.91 Å². The lowest BCUT2D eigenvalue weighted by Crippen LogP contribution is -2.50. The second-order valence-corrected chi connectivity index (χ2v) is 12.1. The highest BCUT2D eigenvalue weighted by Gasteiger charge is 2.25. The second kappa shape index (κ2) is 16.4. The summed E-state index contributed by atoms with van der Waals surface area (Å²) >= 11 is 18.8. The van der Waals surface area contributed by atoms with Gasteiger partial charge in [0, 0.05) is 55.4 Å². The van der Waals surface area contributed by atoms with Crippen LogP contribution in [0.4, 0.5) is 11.4 Å². The van der Waals surface area contributed by atoms with Crippen LogP contribution in [0, 0.1) is 16.0 Å². The van der Waals surface area contributed by atoms with Crippen molar-refractivity contribution in [2.24, 2.45) is 5.92 Å². The predicted molar refractivity (Wildman–Crippen MR) is 186 cm³/mol. The number of rotatable bonds is 14. The van der Waals surface area contributed by atoms with Crippen LogP contribution in [0.15, 0.2) is 79.3 Å². The molecule has 0 aliphatic carbocycles. The highest BCUT2D eigenvalue weighted by Crippen LogP contribution is 2.27. The zero-order chi connectivity index (χ0) is 33.2. The van der Waals surface area contributed by atoms with Crippen LogP contribution in [-0.2, 0) is 24.3 Å². The number of amides is 1. The summed E-state index contributed by atoms with van der Waals surface area (Å²) in [5.41, 5.74) is 3.19. The highest BCUT2D eigenvalue weighted by atomic mass is 35.5. The average molecular weight is 684 g/mol. The standard InChI is InChI=1S/C33H36Cl2N6O4S/c1-4-22(2)30(38-31(42)16-27-17-36-21-40(27)18-23-8-12-26(13-9-23)41(43)44)20-39(19-24-6-5-7-29(34)32(24)35)33(46)37-25-10-14-28(45-3)15-11-25/h5-15,17,21-22,30H,4,16,18-20H2,1-3H3,(H,37,46)(H,38,42)/t22-,30+/m0/s1. The van der Waals surface area contributed by atoms with Crippen molar-refractivity contribution in [3.05, 3.63) is 116 Å². The maximum Gasteiger partial charge on any atom is 0.269 e. The molecule has 4 aromatic rings. The Morgan fingerprint density at radius 1 is 1.13 bits per heavy atom. The number of nitro groups is 1. The van der Waals surface area contributed by atoms with E-state index < -0.39 is 4.92 Å². The zero-order valence-corrected chi connectivity index (χ0v) is 28.1. The second-order valence-electron chi connectivity index (χ2n) is 10.9. The maximum absolute atomic E-state index is 13.5. The summed E-state index contributed by atoms with van der Waals surface area (Å²) < 4.78 is 7.14. The molecule has 1 amide bonds. The highest BCUT2D eigenvalue weighted by molar-refractivity contribution is 7.80. The zero-order valence-electron chi connectivity index (χ0n) is 25.8. The first-order chi connectivity index (χ1) is 22.1. The Hall–Kier alpha value is -4.19. The van der Waals surface area contributed by atoms with Crippen LogP contribution < -0.4 is 15.4 Å². The van der Waals surface area contributed by atoms with E-state index in [-0.39, 0.29) is 30.0 Å². The predicted octanol–water partition coefficient (Wildman–Crippen LogP) is 7.13. The van der Waals surface area contributed by atoms with E-state index in [1.807, 2.05) is 45.9 Å². The van der Waals surface area contributed by atoms with E-state index >= 15 is 0 Å². The molecule has 10 nitrogen and oxygen atoms in total. The van der Waals surface area contributed by atoms with E-state index in [1.54, 1.807) is 37.8 Å². The van der Waals surface area contributed by atoms with Crippen LogP contribution in [0.5, 0.6) is 5.75 Å². The number of anilines is 1. The van der Waals surface area contributed by atoms with Crippen molar-refractivity contribution in [2.75, 3.05) is 19.0 Å². The Labute approximate surface area is 283 Å². The molecule has 46 heavy (non-hydrogen) atoms. The minimum absolute atomic E-state index is 0.0235. The number of halogens is 2. The van der Waals surface area contributed by atoms with Crippen molar-refractivity contribution in [1.82, 2.24) is 19.8 Å². The fourth-order valence-corrected chi connectivity index (χ4v) is 5.48. The van der Waals surface area contributed by atoms with Crippen molar-refractivity contribution in [1.29, 1.82) is 0 Å². The molecule has 0 bridgehead atoms. The third kappa shape index (κ3) is 9.41. The molecule has 1 heterocycles. The van der Waals surface area contributed by atoms with Crippen LogP contribution in [0.2, 0.25) is 10.0 Å². The molecule has 2 N–H and O–H groups in total. The lowest BCUT2D eigenvalue weighted by molar-refractivity contribution is -0.384. The summed E-state index contributed by atoms with van der Waals surface area (Å²) in [6.07, 6.45) is 4.24. The number of hydrogen-bond acceptors (Lipinski definition) is 6. The maximum atomic E-state index is 13.5. The number of benzene rings is 3. The van der Waals surface area contributed by atoms with Gasteiger partial charge >= 0.3 is 0 Å². The van der Waals surface area contributed by atoms with Crippen molar-refractivity contribution in [2.45, 2.75) is 45.8 Å². The SMILES string of the molecule is CC[C@H](C)[C@@H](CN(Cc1cccc(Cl)c1Cl)C(=S)Nc1ccc(OC)cc1)NC(=O)Cc1cncn1Cc1ccc([N+](=O)[O-])cc1. The molecule has 0 saturated carbocycles. The number of nitrogens with one attached hydrogen (secondary N) is 2. The number of hydrogen-bond donors (Lipinski definition) is 2. The van der Waals surface area contributed by atoms with E-state index in [0.717, 1.165) is 34.7 Å². The van der Waals surface area contributed by atoms with Crippen LogP contribution in [0.25, 0.3) is 0 Å². The van der Waals surface area contributed by atoms with Gasteiger partial charge in [0.05, 0.1) is 34.8 Å². The Morgan fingerprint density at radius 2 is 1.85 bits per heavy atom. The molecule has 4 rings (SSSR count). The van der Waals surface area contributed by atoms with E-state index in [9.17, 15) is 14.9 Å². The quantitative estimate of drug-likeness (QED) is 0.0820. The molecule has 2 atom stereocenters. The molecule has 0 aliphatic heterocycles. The van der Waals surface area contributed by atoms with Crippen molar-refractivity contribution >= 4 is 57.8 Å². The van der Waals surface area contributed by atoms with Gasteiger partial charge in [-0.3, -0.25) is 14.9 Å². The van der Waals surface area contributed by atoms with Gasteiger partial charge in [0.25, 0.3) is 5.69 Å². The number of thiocarbonyl (C=S) groups is 1. The summed E-state index contributed by atoms with van der Waals surface area (Å²) in [5, 5.41) is 18.9. The summed E-state index contributed by atoms with van der Waals surface area (Å²) in [4.78, 5) is 30.3. The lowest BCUT2D eigenvalue weighted by Gasteiger charge is -2.33. The summed E-state index contributed by atoms with van der Waals surface area (Å²) in [7, 11) is 1.61. The Balaban J connectivity index is 1.50. The van der Waals surface area contributed by atoms with Gasteiger partial charge in [0.15, 0.2) is 5.11 Å². The molecule has 1 aromatic heterocycles. The topological polar surface area (TPSA) is 115 Å². The van der Waals surface area contributed by atoms with E-state index in [0.29, 0.717) is 34.8 Å². The molecule has 0 aliphatic rings. The first-order valence-electron chi connectivity index (χ1n) is 14.7. The normalized spacial score (nSPS) is 12.2. The lowest BCUT2D eigenvalue weighted by atomic mass is 9.98. The van der Waals surface area contributed by atoms with Crippen LogP contribution in [-0.4, -0.2) is 50.1 Å². The number of carbonyl (C=O) groups excluding carboxylic acids is 1. The number of nitrogens with zero attached hydrogens (tertiary/aromatic N) is 4. The smallest absolute Gasteiger partial charge is 0.269 e. The summed E-state index contributed by atoms with van der Waals surface area (Å²) in [6, 6.07) is 19.0. The fourth-order valence-electron chi connectivity index (χ4n) is 4.84. The largest absolute Gasteiger partial charge is 0.497 e. The van der Waals surface area contributed by atoms with Crippen molar-refractivity contribution in [3.63, 3.8) is 0 Å². The number of carbonyl (C=O) groups is 1. The van der Waals surface area contributed by atoms with Gasteiger partial charge in [-0.15, -0.1) is 0 Å². The van der Waals surface area contributed by atoms with Crippen LogP contribution >= 0.6 is 35.4 Å². The number of methoxy groups -OCH3 is 1. The molecule has 0 radical (unpaired) electrons. The molecule has 13 heteroatoms. The molecule has 3 aromatic carbocycles. The minimum Gasteiger partial charge on any atom is -0.497 e. The number of nitro benzene ring substituents is 1. The van der Waals surface area contributed by atoms with Crippen LogP contribution in [0.3, 0.4) is 0 Å². The Bertz CT molecular complexity index is 1650. The summed E-state index contributed by atoms with van der Waals surface area (Å²) in [5.74, 6) is 0.688. The third-order valence-electron chi connectivity index (χ3n) is 7.76. The molecule has 242 valence electrons. The monoisotopic (exact) mass is 682 g/mol. The third-order valence-corrected chi connectivity index (χ3v) is 8.97. The van der Waals surface area contributed by atoms with Crippen molar-refractivity contribution < 1.29 is 14.5 Å². The van der Waals surface area contributed by atoms with Crippen LogP contribution in [0.1, 0.15) is 37.1 Å². The van der Waals surface area contributed by atoms with E-state index in [1.165, 1.54) is 12.1 Å². The van der Waals surface area contributed by atoms with E-state index in [4.69, 9.17) is 40.2 Å². The van der Waals surface area contributed by atoms with E-state index in [2.05, 4.69) is 29.5 Å². The van der Waals surface area contributed by atoms with Gasteiger partial charge in [-0.05, 0) is 59.6 Å². The molecule has 0 spiro atoms. The molecular weight excluding hydrogens is 647 g/mol.